The van der Waals surface area contributed by atoms with E-state index >= 15 is 0 Å². The van der Waals surface area contributed by atoms with Gasteiger partial charge in [-0.15, -0.1) is 6.58 Å². The number of carbonyl (C=O) groups is 3. The number of carboxylic acid groups (broad SMARTS) is 1. The number of aliphatic carboxylic acids is 1. The average molecular weight is 396 g/mol. The fourth-order valence-corrected chi connectivity index (χ4v) is 2.99. The number of amides is 2. The first-order valence-corrected chi connectivity index (χ1v) is 9.58. The largest absolute Gasteiger partial charge is 0.480 e. The molecule has 0 spiro atoms. The summed E-state index contributed by atoms with van der Waals surface area (Å²) in [6.07, 6.45) is 3.04. The molecular weight excluding hydrogens is 362 g/mol. The van der Waals surface area contributed by atoms with Crippen molar-refractivity contribution in [3.63, 3.8) is 0 Å². The van der Waals surface area contributed by atoms with Crippen molar-refractivity contribution in [1.29, 1.82) is 0 Å². The first kappa shape index (κ1) is 23.7. The monoisotopic (exact) mass is 395 g/mol. The quantitative estimate of drug-likeness (QED) is 0.270. The number of allylic oxidation sites excluding steroid dienone is 1. The van der Waals surface area contributed by atoms with Crippen molar-refractivity contribution < 1.29 is 24.3 Å². The van der Waals surface area contributed by atoms with Crippen LogP contribution in [0.4, 0.5) is 0 Å². The molecule has 1 rings (SSSR count). The topological polar surface area (TPSA) is 108 Å². The molecule has 8 nitrogen and oxygen atoms in total. The van der Waals surface area contributed by atoms with Crippen molar-refractivity contribution in [3.8, 4) is 0 Å². The number of rotatable bonds is 9. The summed E-state index contributed by atoms with van der Waals surface area (Å²) >= 11 is 0. The maximum atomic E-state index is 13.2. The summed E-state index contributed by atoms with van der Waals surface area (Å²) in [5.74, 6) is -1.75. The van der Waals surface area contributed by atoms with E-state index in [0.29, 0.717) is 18.6 Å². The van der Waals surface area contributed by atoms with E-state index in [-0.39, 0.29) is 25.3 Å². The van der Waals surface area contributed by atoms with Gasteiger partial charge in [0.2, 0.25) is 11.8 Å². The molecule has 0 aliphatic carbocycles. The minimum Gasteiger partial charge on any atom is -0.480 e. The van der Waals surface area contributed by atoms with E-state index < -0.39 is 35.5 Å². The summed E-state index contributed by atoms with van der Waals surface area (Å²) in [5.41, 5.74) is 0.127. The van der Waals surface area contributed by atoms with Gasteiger partial charge >= 0.3 is 5.97 Å². The van der Waals surface area contributed by atoms with Crippen LogP contribution in [0.25, 0.3) is 0 Å². The van der Waals surface area contributed by atoms with E-state index in [4.69, 9.17) is 4.84 Å². The molecule has 1 fully saturated rings. The van der Waals surface area contributed by atoms with Crippen molar-refractivity contribution in [2.24, 2.45) is 10.6 Å². The number of nitrogens with one attached hydrogen (secondary N) is 1. The van der Waals surface area contributed by atoms with E-state index in [0.717, 1.165) is 0 Å². The molecule has 0 aromatic heterocycles. The lowest BCUT2D eigenvalue weighted by molar-refractivity contribution is -0.150. The van der Waals surface area contributed by atoms with Crippen molar-refractivity contribution >= 4 is 23.5 Å². The zero-order valence-electron chi connectivity index (χ0n) is 17.5. The molecule has 1 heterocycles. The molecule has 0 radical (unpaired) electrons. The van der Waals surface area contributed by atoms with Crippen LogP contribution in [0.2, 0.25) is 0 Å². The highest BCUT2D eigenvalue weighted by atomic mass is 16.6. The second kappa shape index (κ2) is 10.2. The number of nitrogens with zero attached hydrogens (tertiary/aromatic N) is 2. The second-order valence-corrected chi connectivity index (χ2v) is 8.39. The molecule has 0 aromatic rings. The number of carboxylic acids is 1. The van der Waals surface area contributed by atoms with Crippen LogP contribution in [0, 0.1) is 5.41 Å². The van der Waals surface area contributed by atoms with Gasteiger partial charge in [0.05, 0.1) is 12.3 Å². The summed E-state index contributed by atoms with van der Waals surface area (Å²) in [6, 6.07) is -1.84. The third-order valence-electron chi connectivity index (χ3n) is 4.45. The summed E-state index contributed by atoms with van der Waals surface area (Å²) in [5, 5.41) is 16.2. The molecule has 0 unspecified atom stereocenters. The number of likely N-dealkylation sites (tertiary alicyclic amines) is 1. The van der Waals surface area contributed by atoms with Crippen LogP contribution in [0.5, 0.6) is 0 Å². The zero-order valence-corrected chi connectivity index (χ0v) is 17.5. The molecule has 1 aliphatic rings. The van der Waals surface area contributed by atoms with E-state index in [2.05, 4.69) is 17.1 Å². The highest BCUT2D eigenvalue weighted by Crippen LogP contribution is 2.27. The standard InChI is InChI=1S/C20H33N3O5/c1-7-8-9-10-16(24)21-17(20(4,5)6)18(25)23-12-14(28-22-13(2)3)11-15(23)19(26)27/h7,14-15,17H,1,8-12H2,2-6H3,(H,21,24)(H,26,27)/t14-,15+,17-/m1/s1. The number of carbonyl (C=O) groups excluding carboxylic acids is 2. The Morgan fingerprint density at radius 3 is 2.50 bits per heavy atom. The van der Waals surface area contributed by atoms with Gasteiger partial charge in [-0.05, 0) is 32.1 Å². The van der Waals surface area contributed by atoms with Gasteiger partial charge in [0.15, 0.2) is 0 Å². The molecule has 2 amide bonds. The minimum absolute atomic E-state index is 0.117. The van der Waals surface area contributed by atoms with Gasteiger partial charge in [0, 0.05) is 12.8 Å². The predicted octanol–water partition coefficient (Wildman–Crippen LogP) is 2.34. The Balaban J connectivity index is 2.95. The van der Waals surface area contributed by atoms with Crippen molar-refractivity contribution in [2.75, 3.05) is 6.54 Å². The first-order chi connectivity index (χ1) is 13.0. The molecule has 1 aliphatic heterocycles. The van der Waals surface area contributed by atoms with Gasteiger partial charge in [0.1, 0.15) is 18.2 Å². The molecule has 3 atom stereocenters. The SMILES string of the molecule is C=CCCCC(=O)N[C@H](C(=O)N1C[C@H](ON=C(C)C)C[C@H]1C(=O)O)C(C)(C)C. The summed E-state index contributed by atoms with van der Waals surface area (Å²) < 4.78 is 0. The number of hydrogen-bond donors (Lipinski definition) is 2. The van der Waals surface area contributed by atoms with Crippen LogP contribution >= 0.6 is 0 Å². The third-order valence-corrected chi connectivity index (χ3v) is 4.45. The lowest BCUT2D eigenvalue weighted by Gasteiger charge is -2.34. The van der Waals surface area contributed by atoms with Crippen LogP contribution in [-0.2, 0) is 19.2 Å². The smallest absolute Gasteiger partial charge is 0.326 e. The molecule has 1 saturated heterocycles. The lowest BCUT2D eigenvalue weighted by Crippen LogP contribution is -2.56. The van der Waals surface area contributed by atoms with E-state index in [1.165, 1.54) is 4.90 Å². The number of oxime groups is 1. The van der Waals surface area contributed by atoms with Crippen LogP contribution < -0.4 is 5.32 Å². The zero-order chi connectivity index (χ0) is 21.5. The Kier molecular flexibility index (Phi) is 8.65. The summed E-state index contributed by atoms with van der Waals surface area (Å²) in [7, 11) is 0. The fourth-order valence-electron chi connectivity index (χ4n) is 2.99. The highest BCUT2D eigenvalue weighted by molar-refractivity contribution is 5.91. The Morgan fingerprint density at radius 1 is 1.36 bits per heavy atom. The average Bonchev–Trinajstić information content (AvgIpc) is 3.01. The van der Waals surface area contributed by atoms with Gasteiger partial charge in [-0.2, -0.15) is 0 Å². The summed E-state index contributed by atoms with van der Waals surface area (Å²) in [4.78, 5) is 43.8. The second-order valence-electron chi connectivity index (χ2n) is 8.39. The number of hydrogen-bond acceptors (Lipinski definition) is 5. The summed E-state index contributed by atoms with van der Waals surface area (Å²) in [6.45, 7) is 12.8. The van der Waals surface area contributed by atoms with Crippen molar-refractivity contribution in [3.05, 3.63) is 12.7 Å². The molecular formula is C20H33N3O5. The first-order valence-electron chi connectivity index (χ1n) is 9.58. The molecule has 158 valence electrons. The molecule has 0 aromatic carbocycles. The Bertz CT molecular complexity index is 620. The highest BCUT2D eigenvalue weighted by Gasteiger charge is 2.45. The van der Waals surface area contributed by atoms with E-state index in [9.17, 15) is 19.5 Å². The molecule has 0 bridgehead atoms. The normalized spacial score (nSPS) is 20.2. The van der Waals surface area contributed by atoms with E-state index in [1.54, 1.807) is 19.9 Å². The van der Waals surface area contributed by atoms with Gasteiger partial charge in [-0.1, -0.05) is 32.0 Å². The Morgan fingerprint density at radius 2 is 2.00 bits per heavy atom. The fraction of sp³-hybridized carbons (Fsp3) is 0.700. The van der Waals surface area contributed by atoms with Crippen LogP contribution in [-0.4, -0.2) is 58.2 Å². The van der Waals surface area contributed by atoms with Crippen LogP contribution in [0.15, 0.2) is 17.8 Å². The maximum Gasteiger partial charge on any atom is 0.326 e. The van der Waals surface area contributed by atoms with Gasteiger partial charge in [0.25, 0.3) is 0 Å². The van der Waals surface area contributed by atoms with Crippen molar-refractivity contribution in [1.82, 2.24) is 10.2 Å². The third kappa shape index (κ3) is 6.98. The van der Waals surface area contributed by atoms with Crippen molar-refractivity contribution in [2.45, 2.75) is 78.5 Å². The molecule has 0 saturated carbocycles. The Labute approximate surface area is 167 Å². The molecule has 8 heteroatoms. The molecule has 28 heavy (non-hydrogen) atoms. The van der Waals surface area contributed by atoms with Gasteiger partial charge in [-0.3, -0.25) is 9.59 Å². The minimum atomic E-state index is -1.10. The maximum absolute atomic E-state index is 13.2. The Hall–Kier alpha value is -2.38. The van der Waals surface area contributed by atoms with Gasteiger partial charge < -0.3 is 20.2 Å². The van der Waals surface area contributed by atoms with Gasteiger partial charge in [-0.25, -0.2) is 4.79 Å². The number of unbranched alkanes of at least 4 members (excludes halogenated alkanes) is 1. The molecule has 2 N–H and O–H groups in total. The van der Waals surface area contributed by atoms with Crippen LogP contribution in [0.1, 0.15) is 60.3 Å². The van der Waals surface area contributed by atoms with Crippen LogP contribution in [0.3, 0.4) is 0 Å². The lowest BCUT2D eigenvalue weighted by atomic mass is 9.85. The predicted molar refractivity (Wildman–Crippen MR) is 107 cm³/mol. The van der Waals surface area contributed by atoms with E-state index in [1.807, 2.05) is 20.8 Å².